The molecule has 1 N–H and O–H groups in total. The minimum atomic E-state index is -1.26. The van der Waals surface area contributed by atoms with Crippen LogP contribution in [0.1, 0.15) is 33.6 Å². The highest BCUT2D eigenvalue weighted by Gasteiger charge is 2.52. The van der Waals surface area contributed by atoms with Crippen LogP contribution in [-0.4, -0.2) is 47.2 Å². The molecule has 1 saturated heterocycles. The lowest BCUT2D eigenvalue weighted by molar-refractivity contribution is -0.161. The average molecular weight is 376 g/mol. The molecule has 0 spiro atoms. The zero-order chi connectivity index (χ0) is 19.9. The van der Waals surface area contributed by atoms with Gasteiger partial charge in [0.1, 0.15) is 18.0 Å². The summed E-state index contributed by atoms with van der Waals surface area (Å²) in [5.74, 6) is -2.02. The van der Waals surface area contributed by atoms with Crippen molar-refractivity contribution >= 4 is 17.7 Å². The summed E-state index contributed by atoms with van der Waals surface area (Å²) in [7, 11) is 0. The van der Waals surface area contributed by atoms with Crippen LogP contribution in [0.15, 0.2) is 35.6 Å². The summed E-state index contributed by atoms with van der Waals surface area (Å²) >= 11 is 0. The Labute approximate surface area is 157 Å². The quantitative estimate of drug-likeness (QED) is 0.588. The molecular weight excluding hydrogens is 352 g/mol. The van der Waals surface area contributed by atoms with Gasteiger partial charge >= 0.3 is 11.9 Å². The molecular formula is C20H24O7. The fraction of sp³-hybridized carbons (Fsp3) is 0.550. The monoisotopic (exact) mass is 376 g/mol. The van der Waals surface area contributed by atoms with E-state index in [1.165, 1.54) is 6.08 Å². The average Bonchev–Trinajstić information content (AvgIpc) is 3.08. The van der Waals surface area contributed by atoms with Gasteiger partial charge in [0.25, 0.3) is 0 Å². The lowest BCUT2D eigenvalue weighted by Gasteiger charge is -2.32. The third kappa shape index (κ3) is 3.32. The minimum Gasteiger partial charge on any atom is -0.479 e. The largest absolute Gasteiger partial charge is 0.479 e. The van der Waals surface area contributed by atoms with Crippen molar-refractivity contribution in [2.45, 2.75) is 51.4 Å². The van der Waals surface area contributed by atoms with Gasteiger partial charge in [-0.3, -0.25) is 9.59 Å². The van der Waals surface area contributed by atoms with Gasteiger partial charge in [-0.15, -0.1) is 0 Å². The highest BCUT2D eigenvalue weighted by Crippen LogP contribution is 2.42. The van der Waals surface area contributed by atoms with Crippen LogP contribution >= 0.6 is 0 Å². The second-order valence-electron chi connectivity index (χ2n) is 7.47. The normalized spacial score (nSPS) is 35.6. The number of aliphatic hydroxyl groups excluding tert-OH is 1. The number of aliphatic hydroxyl groups is 1. The van der Waals surface area contributed by atoms with Crippen molar-refractivity contribution in [3.63, 3.8) is 0 Å². The van der Waals surface area contributed by atoms with Crippen molar-refractivity contribution in [1.29, 1.82) is 0 Å². The molecule has 0 amide bonds. The SMILES string of the molecule is C=C1C(=O)O[C@@H]2/C=C(/CO)C3=CC(=O)[C@](C)(C[C@@H](OC(=O)[C@H](C)CC)[C@@H]12)O3. The third-order valence-electron chi connectivity index (χ3n) is 5.51. The molecule has 0 radical (unpaired) electrons. The van der Waals surface area contributed by atoms with Gasteiger partial charge in [-0.2, -0.15) is 0 Å². The van der Waals surface area contributed by atoms with Gasteiger partial charge in [-0.1, -0.05) is 20.4 Å². The van der Waals surface area contributed by atoms with Gasteiger partial charge in [0, 0.05) is 23.6 Å². The van der Waals surface area contributed by atoms with E-state index in [4.69, 9.17) is 14.2 Å². The first-order chi connectivity index (χ1) is 12.7. The predicted molar refractivity (Wildman–Crippen MR) is 94.2 cm³/mol. The zero-order valence-corrected chi connectivity index (χ0v) is 15.7. The van der Waals surface area contributed by atoms with E-state index >= 15 is 0 Å². The maximum absolute atomic E-state index is 12.5. The molecule has 27 heavy (non-hydrogen) atoms. The Morgan fingerprint density at radius 2 is 2.19 bits per heavy atom. The van der Waals surface area contributed by atoms with Crippen LogP contribution in [0.4, 0.5) is 0 Å². The molecule has 3 rings (SSSR count). The first kappa shape index (κ1) is 19.4. The molecule has 0 aromatic rings. The van der Waals surface area contributed by atoms with Crippen molar-refractivity contribution in [3.05, 3.63) is 35.6 Å². The number of carbonyl (C=O) groups is 3. The summed E-state index contributed by atoms with van der Waals surface area (Å²) in [5.41, 5.74) is -0.734. The van der Waals surface area contributed by atoms with Crippen molar-refractivity contribution in [3.8, 4) is 0 Å². The van der Waals surface area contributed by atoms with Crippen molar-refractivity contribution in [2.24, 2.45) is 11.8 Å². The molecule has 5 atom stereocenters. The number of fused-ring (bicyclic) bond motifs is 3. The van der Waals surface area contributed by atoms with E-state index in [0.717, 1.165) is 0 Å². The van der Waals surface area contributed by atoms with Crippen LogP contribution in [-0.2, 0) is 28.6 Å². The Hall–Kier alpha value is -2.41. The molecule has 2 bridgehead atoms. The highest BCUT2D eigenvalue weighted by atomic mass is 16.6. The molecule has 3 aliphatic heterocycles. The Morgan fingerprint density at radius 3 is 2.81 bits per heavy atom. The van der Waals surface area contributed by atoms with E-state index in [1.807, 2.05) is 6.92 Å². The molecule has 0 saturated carbocycles. The van der Waals surface area contributed by atoms with Crippen molar-refractivity contribution < 1.29 is 33.7 Å². The summed E-state index contributed by atoms with van der Waals surface area (Å²) in [6.45, 7) is 8.65. The molecule has 0 unspecified atom stereocenters. The van der Waals surface area contributed by atoms with Gasteiger partial charge in [0.05, 0.1) is 18.4 Å². The van der Waals surface area contributed by atoms with Gasteiger partial charge in [0.15, 0.2) is 5.60 Å². The van der Waals surface area contributed by atoms with Gasteiger partial charge < -0.3 is 19.3 Å². The maximum Gasteiger partial charge on any atom is 0.334 e. The second kappa shape index (κ2) is 6.96. The molecule has 3 aliphatic rings. The van der Waals surface area contributed by atoms with Crippen molar-refractivity contribution in [2.75, 3.05) is 6.61 Å². The Morgan fingerprint density at radius 1 is 1.48 bits per heavy atom. The second-order valence-corrected chi connectivity index (χ2v) is 7.47. The Kier molecular flexibility index (Phi) is 4.99. The minimum absolute atomic E-state index is 0.0530. The number of esters is 2. The van der Waals surface area contributed by atoms with Gasteiger partial charge in [-0.25, -0.2) is 4.79 Å². The summed E-state index contributed by atoms with van der Waals surface area (Å²) in [6.07, 6.45) is 1.93. The Balaban J connectivity index is 2.05. The fourth-order valence-corrected chi connectivity index (χ4v) is 3.54. The van der Waals surface area contributed by atoms with Crippen LogP contribution < -0.4 is 0 Å². The van der Waals surface area contributed by atoms with Crippen LogP contribution in [0.3, 0.4) is 0 Å². The van der Waals surface area contributed by atoms with Crippen LogP contribution in [0.2, 0.25) is 0 Å². The van der Waals surface area contributed by atoms with Crippen LogP contribution in [0, 0.1) is 11.8 Å². The zero-order valence-electron chi connectivity index (χ0n) is 15.7. The Bertz CT molecular complexity index is 762. The summed E-state index contributed by atoms with van der Waals surface area (Å²) < 4.78 is 16.9. The molecule has 3 heterocycles. The van der Waals surface area contributed by atoms with E-state index in [-0.39, 0.29) is 36.1 Å². The van der Waals surface area contributed by atoms with E-state index in [1.54, 1.807) is 19.9 Å². The highest BCUT2D eigenvalue weighted by molar-refractivity contribution is 6.00. The topological polar surface area (TPSA) is 99.1 Å². The summed E-state index contributed by atoms with van der Waals surface area (Å²) in [6, 6.07) is 0. The summed E-state index contributed by atoms with van der Waals surface area (Å²) in [4.78, 5) is 37.1. The van der Waals surface area contributed by atoms with Crippen LogP contribution in [0.25, 0.3) is 0 Å². The molecule has 7 heteroatoms. The molecule has 0 aliphatic carbocycles. The lowest BCUT2D eigenvalue weighted by Crippen LogP contribution is -2.43. The number of ketones is 1. The lowest BCUT2D eigenvalue weighted by atomic mass is 9.82. The smallest absolute Gasteiger partial charge is 0.334 e. The number of carbonyl (C=O) groups excluding carboxylic acids is 3. The third-order valence-corrected chi connectivity index (χ3v) is 5.51. The summed E-state index contributed by atoms with van der Waals surface area (Å²) in [5, 5.41) is 9.71. The standard InChI is InChI=1S/C20H24O7/c1-5-10(2)18(23)26-15-8-20(4)16(22)7-13(27-20)12(9-21)6-14-17(15)11(3)19(24)25-14/h6-7,10,14-15,17,21H,3,5,8-9H2,1-2,4H3/b12-6-/t10-,14-,15-,17+,20+/m1/s1. The first-order valence-electron chi connectivity index (χ1n) is 9.07. The fourth-order valence-electron chi connectivity index (χ4n) is 3.54. The number of hydrogen-bond donors (Lipinski definition) is 1. The number of ether oxygens (including phenoxy) is 3. The molecule has 7 nitrogen and oxygen atoms in total. The van der Waals surface area contributed by atoms with Gasteiger partial charge in [-0.05, 0) is 19.4 Å². The van der Waals surface area contributed by atoms with Gasteiger partial charge in [0.2, 0.25) is 5.78 Å². The van der Waals surface area contributed by atoms with Crippen LogP contribution in [0.5, 0.6) is 0 Å². The molecule has 0 aromatic heterocycles. The molecule has 1 fully saturated rings. The van der Waals surface area contributed by atoms with E-state index in [9.17, 15) is 19.5 Å². The van der Waals surface area contributed by atoms with E-state index in [0.29, 0.717) is 12.0 Å². The predicted octanol–water partition coefficient (Wildman–Crippen LogP) is 1.61. The van der Waals surface area contributed by atoms with Crippen molar-refractivity contribution in [1.82, 2.24) is 0 Å². The molecule has 146 valence electrons. The number of hydrogen-bond acceptors (Lipinski definition) is 7. The maximum atomic E-state index is 12.5. The first-order valence-corrected chi connectivity index (χ1v) is 9.07. The van der Waals surface area contributed by atoms with E-state index < -0.39 is 35.7 Å². The number of rotatable bonds is 4. The van der Waals surface area contributed by atoms with E-state index in [2.05, 4.69) is 6.58 Å². The molecule has 0 aromatic carbocycles.